The number of nitrogens with two attached hydrogens (primary N) is 1. The van der Waals surface area contributed by atoms with Gasteiger partial charge in [-0.1, -0.05) is 41.4 Å². The molecule has 20 heavy (non-hydrogen) atoms. The molecule has 0 fully saturated rings. The third kappa shape index (κ3) is 3.21. The van der Waals surface area contributed by atoms with Crippen LogP contribution in [-0.2, 0) is 6.54 Å². The molecule has 1 heterocycles. The van der Waals surface area contributed by atoms with E-state index in [0.29, 0.717) is 22.8 Å². The molecule has 2 aromatic rings. The molecular formula is C14H13Cl2N3O. The van der Waals surface area contributed by atoms with Crippen molar-refractivity contribution in [1.29, 1.82) is 0 Å². The minimum absolute atomic E-state index is 0.230. The van der Waals surface area contributed by atoms with Crippen LogP contribution in [-0.4, -0.2) is 22.8 Å². The molecule has 2 rings (SSSR count). The number of aromatic nitrogens is 1. The SMILES string of the molecule is CN(Cc1ccccc1Cl)C(=O)c1cc(Cl)ncc1N. The van der Waals surface area contributed by atoms with Crippen molar-refractivity contribution in [3.63, 3.8) is 0 Å². The number of carbonyl (C=O) groups excluding carboxylic acids is 1. The van der Waals surface area contributed by atoms with Crippen LogP contribution in [0, 0.1) is 0 Å². The van der Waals surface area contributed by atoms with E-state index in [1.165, 1.54) is 17.2 Å². The van der Waals surface area contributed by atoms with E-state index in [4.69, 9.17) is 28.9 Å². The topological polar surface area (TPSA) is 59.2 Å². The molecule has 1 aromatic heterocycles. The molecule has 2 N–H and O–H groups in total. The second kappa shape index (κ2) is 6.11. The van der Waals surface area contributed by atoms with Crippen LogP contribution in [0.1, 0.15) is 15.9 Å². The van der Waals surface area contributed by atoms with Crippen LogP contribution in [0.3, 0.4) is 0 Å². The molecule has 0 aliphatic carbocycles. The van der Waals surface area contributed by atoms with E-state index >= 15 is 0 Å². The molecule has 0 saturated heterocycles. The zero-order chi connectivity index (χ0) is 14.7. The molecule has 4 nitrogen and oxygen atoms in total. The molecule has 1 aromatic carbocycles. The lowest BCUT2D eigenvalue weighted by Gasteiger charge is -2.19. The van der Waals surface area contributed by atoms with E-state index in [0.717, 1.165) is 5.56 Å². The van der Waals surface area contributed by atoms with Crippen molar-refractivity contribution in [2.75, 3.05) is 12.8 Å². The maximum atomic E-state index is 12.3. The predicted octanol–water partition coefficient (Wildman–Crippen LogP) is 3.24. The van der Waals surface area contributed by atoms with Crippen LogP contribution >= 0.6 is 23.2 Å². The molecule has 0 aliphatic heterocycles. The van der Waals surface area contributed by atoms with Gasteiger partial charge in [0.05, 0.1) is 17.4 Å². The van der Waals surface area contributed by atoms with Crippen molar-refractivity contribution in [1.82, 2.24) is 9.88 Å². The molecule has 0 bridgehead atoms. The number of benzene rings is 1. The predicted molar refractivity (Wildman–Crippen MR) is 80.9 cm³/mol. The Morgan fingerprint density at radius 3 is 2.75 bits per heavy atom. The van der Waals surface area contributed by atoms with Gasteiger partial charge in [-0.2, -0.15) is 0 Å². The quantitative estimate of drug-likeness (QED) is 0.885. The summed E-state index contributed by atoms with van der Waals surface area (Å²) in [6.07, 6.45) is 1.37. The highest BCUT2D eigenvalue weighted by Gasteiger charge is 2.16. The Morgan fingerprint density at radius 2 is 2.05 bits per heavy atom. The highest BCUT2D eigenvalue weighted by Crippen LogP contribution is 2.20. The van der Waals surface area contributed by atoms with Crippen LogP contribution in [0.4, 0.5) is 5.69 Å². The first-order valence-electron chi connectivity index (χ1n) is 5.89. The maximum absolute atomic E-state index is 12.3. The molecule has 0 radical (unpaired) electrons. The Bertz CT molecular complexity index is 646. The Labute approximate surface area is 127 Å². The first-order valence-corrected chi connectivity index (χ1v) is 6.64. The summed E-state index contributed by atoms with van der Waals surface area (Å²) in [5.41, 5.74) is 7.25. The fourth-order valence-corrected chi connectivity index (χ4v) is 2.14. The van der Waals surface area contributed by atoms with Gasteiger partial charge in [0.1, 0.15) is 5.15 Å². The lowest BCUT2D eigenvalue weighted by atomic mass is 10.1. The van der Waals surface area contributed by atoms with Gasteiger partial charge >= 0.3 is 0 Å². The van der Waals surface area contributed by atoms with Gasteiger partial charge < -0.3 is 10.6 Å². The fourth-order valence-electron chi connectivity index (χ4n) is 1.79. The average Bonchev–Trinajstić information content (AvgIpc) is 2.43. The van der Waals surface area contributed by atoms with Crippen molar-refractivity contribution >= 4 is 34.8 Å². The van der Waals surface area contributed by atoms with Gasteiger partial charge in [-0.25, -0.2) is 4.98 Å². The molecule has 0 saturated carbocycles. The Balaban J connectivity index is 2.21. The van der Waals surface area contributed by atoms with Crippen LogP contribution in [0.5, 0.6) is 0 Å². The summed E-state index contributed by atoms with van der Waals surface area (Å²) in [4.78, 5) is 17.7. The van der Waals surface area contributed by atoms with Crippen LogP contribution in [0.2, 0.25) is 10.2 Å². The Morgan fingerprint density at radius 1 is 1.35 bits per heavy atom. The number of pyridine rings is 1. The summed E-state index contributed by atoms with van der Waals surface area (Å²) in [7, 11) is 1.68. The maximum Gasteiger partial charge on any atom is 0.256 e. The zero-order valence-electron chi connectivity index (χ0n) is 10.8. The molecule has 0 aliphatic rings. The average molecular weight is 310 g/mol. The second-order valence-corrected chi connectivity index (χ2v) is 5.14. The van der Waals surface area contributed by atoms with Crippen molar-refractivity contribution in [2.45, 2.75) is 6.54 Å². The number of amides is 1. The summed E-state index contributed by atoms with van der Waals surface area (Å²) >= 11 is 11.9. The number of nitrogen functional groups attached to an aromatic ring is 1. The lowest BCUT2D eigenvalue weighted by molar-refractivity contribution is 0.0786. The molecule has 104 valence electrons. The fraction of sp³-hybridized carbons (Fsp3) is 0.143. The Kier molecular flexibility index (Phi) is 4.47. The number of nitrogens with zero attached hydrogens (tertiary/aromatic N) is 2. The summed E-state index contributed by atoms with van der Waals surface area (Å²) in [6, 6.07) is 8.83. The van der Waals surface area contributed by atoms with E-state index in [1.807, 2.05) is 18.2 Å². The Hall–Kier alpha value is -1.78. The summed E-state index contributed by atoms with van der Waals surface area (Å²) in [5, 5.41) is 0.849. The van der Waals surface area contributed by atoms with Crippen molar-refractivity contribution in [3.8, 4) is 0 Å². The molecule has 0 atom stereocenters. The summed E-state index contributed by atoms with van der Waals surface area (Å²) < 4.78 is 0. The normalized spacial score (nSPS) is 10.3. The number of carbonyl (C=O) groups is 1. The van der Waals surface area contributed by atoms with Crippen molar-refractivity contribution in [3.05, 3.63) is 57.8 Å². The van der Waals surface area contributed by atoms with Gasteiger partial charge in [0.15, 0.2) is 0 Å². The third-order valence-electron chi connectivity index (χ3n) is 2.84. The first kappa shape index (κ1) is 14.6. The summed E-state index contributed by atoms with van der Waals surface area (Å²) in [5.74, 6) is -0.230. The van der Waals surface area contributed by atoms with E-state index in [1.54, 1.807) is 13.1 Å². The van der Waals surface area contributed by atoms with Crippen molar-refractivity contribution in [2.24, 2.45) is 0 Å². The highest BCUT2D eigenvalue weighted by molar-refractivity contribution is 6.31. The smallest absolute Gasteiger partial charge is 0.256 e. The van der Waals surface area contributed by atoms with E-state index in [9.17, 15) is 4.79 Å². The van der Waals surface area contributed by atoms with Crippen LogP contribution < -0.4 is 5.73 Å². The highest BCUT2D eigenvalue weighted by atomic mass is 35.5. The van der Waals surface area contributed by atoms with E-state index in [-0.39, 0.29) is 11.1 Å². The number of hydrogen-bond donors (Lipinski definition) is 1. The standard InChI is InChI=1S/C14H13Cl2N3O/c1-19(8-9-4-2-3-5-11(9)15)14(20)10-6-13(16)18-7-12(10)17/h2-7H,8,17H2,1H3. The minimum Gasteiger partial charge on any atom is -0.397 e. The van der Waals surface area contributed by atoms with Gasteiger partial charge in [0.2, 0.25) is 0 Å². The molecule has 1 amide bonds. The molecule has 0 unspecified atom stereocenters. The third-order valence-corrected chi connectivity index (χ3v) is 3.42. The zero-order valence-corrected chi connectivity index (χ0v) is 12.3. The molecule has 0 spiro atoms. The number of rotatable bonds is 3. The second-order valence-electron chi connectivity index (χ2n) is 4.35. The van der Waals surface area contributed by atoms with Gasteiger partial charge in [-0.3, -0.25) is 4.79 Å². The summed E-state index contributed by atoms with van der Waals surface area (Å²) in [6.45, 7) is 0.387. The van der Waals surface area contributed by atoms with Crippen molar-refractivity contribution < 1.29 is 4.79 Å². The largest absolute Gasteiger partial charge is 0.397 e. The number of halogens is 2. The van der Waals surface area contributed by atoms with Gasteiger partial charge in [0.25, 0.3) is 5.91 Å². The van der Waals surface area contributed by atoms with Gasteiger partial charge in [-0.15, -0.1) is 0 Å². The van der Waals surface area contributed by atoms with Gasteiger partial charge in [0, 0.05) is 18.6 Å². The van der Waals surface area contributed by atoms with E-state index < -0.39 is 0 Å². The number of anilines is 1. The van der Waals surface area contributed by atoms with Crippen LogP contribution in [0.25, 0.3) is 0 Å². The van der Waals surface area contributed by atoms with Crippen LogP contribution in [0.15, 0.2) is 36.5 Å². The number of hydrogen-bond acceptors (Lipinski definition) is 3. The minimum atomic E-state index is -0.230. The van der Waals surface area contributed by atoms with Gasteiger partial charge in [-0.05, 0) is 17.7 Å². The molecule has 6 heteroatoms. The first-order chi connectivity index (χ1) is 9.49. The van der Waals surface area contributed by atoms with E-state index in [2.05, 4.69) is 4.98 Å². The lowest BCUT2D eigenvalue weighted by Crippen LogP contribution is -2.27. The monoisotopic (exact) mass is 309 g/mol. The molecular weight excluding hydrogens is 297 g/mol.